The van der Waals surface area contributed by atoms with E-state index in [1.165, 1.54) is 0 Å². The summed E-state index contributed by atoms with van der Waals surface area (Å²) in [5.41, 5.74) is 1.45. The van der Waals surface area contributed by atoms with Crippen LogP contribution >= 0.6 is 0 Å². The fraction of sp³-hybridized carbons (Fsp3) is 0.524. The zero-order chi connectivity index (χ0) is 20.5. The number of hydrogen-bond acceptors (Lipinski definition) is 4. The van der Waals surface area contributed by atoms with Gasteiger partial charge in [0.1, 0.15) is 5.60 Å². The van der Waals surface area contributed by atoms with Crippen LogP contribution in [-0.2, 0) is 4.74 Å². The lowest BCUT2D eigenvalue weighted by Gasteiger charge is -2.39. The lowest BCUT2D eigenvalue weighted by atomic mass is 10.0. The molecule has 0 atom stereocenters. The largest absolute Gasteiger partial charge is 0.478 e. The van der Waals surface area contributed by atoms with Gasteiger partial charge in [0, 0.05) is 42.9 Å². The minimum absolute atomic E-state index is 0.149. The third-order valence-corrected chi connectivity index (χ3v) is 5.15. The molecule has 2 N–H and O–H groups in total. The summed E-state index contributed by atoms with van der Waals surface area (Å²) < 4.78 is 5.55. The minimum atomic E-state index is -0.936. The number of piperidine rings is 1. The number of carboxylic acids is 1. The van der Waals surface area contributed by atoms with E-state index in [0.717, 1.165) is 37.0 Å². The number of fused-ring (bicyclic) bond motifs is 1. The van der Waals surface area contributed by atoms with Gasteiger partial charge in [0.2, 0.25) is 0 Å². The average Bonchev–Trinajstić information content (AvgIpc) is 3.10. The first-order valence-corrected chi connectivity index (χ1v) is 9.79. The van der Waals surface area contributed by atoms with E-state index in [1.807, 2.05) is 44.7 Å². The van der Waals surface area contributed by atoms with Crippen LogP contribution in [0.1, 0.15) is 50.9 Å². The Kier molecular flexibility index (Phi) is 5.54. The highest BCUT2D eigenvalue weighted by Gasteiger charge is 2.30. The van der Waals surface area contributed by atoms with Gasteiger partial charge in [-0.15, -0.1) is 0 Å². The second-order valence-electron chi connectivity index (χ2n) is 8.19. The summed E-state index contributed by atoms with van der Waals surface area (Å²) in [5, 5.41) is 10.3. The third-order valence-electron chi connectivity index (χ3n) is 5.15. The molecule has 3 rings (SSSR count). The maximum atomic E-state index is 12.5. The molecule has 2 heterocycles. The summed E-state index contributed by atoms with van der Waals surface area (Å²) in [7, 11) is 0. The van der Waals surface area contributed by atoms with Crippen LogP contribution in [0.5, 0.6) is 0 Å². The van der Waals surface area contributed by atoms with Crippen molar-refractivity contribution in [3.63, 3.8) is 0 Å². The first-order chi connectivity index (χ1) is 13.2. The van der Waals surface area contributed by atoms with E-state index in [1.54, 1.807) is 12.3 Å². The van der Waals surface area contributed by atoms with Crippen LogP contribution in [0.15, 0.2) is 24.4 Å². The molecule has 0 aliphatic carbocycles. The molecule has 1 aromatic heterocycles. The Balaban J connectivity index is 1.73. The van der Waals surface area contributed by atoms with Crippen molar-refractivity contribution in [2.45, 2.75) is 52.2 Å². The van der Waals surface area contributed by atoms with Gasteiger partial charge in [-0.3, -0.25) is 0 Å². The van der Waals surface area contributed by atoms with Crippen LogP contribution in [0.2, 0.25) is 0 Å². The van der Waals surface area contributed by atoms with Crippen LogP contribution in [0.3, 0.4) is 0 Å². The van der Waals surface area contributed by atoms with Crippen molar-refractivity contribution in [1.82, 2.24) is 9.88 Å². The first-order valence-electron chi connectivity index (χ1n) is 9.79. The van der Waals surface area contributed by atoms with E-state index in [0.29, 0.717) is 12.1 Å². The lowest BCUT2D eigenvalue weighted by Crippen LogP contribution is -2.48. The number of hydrogen-bond donors (Lipinski definition) is 2. The normalized spacial score (nSPS) is 15.6. The molecule has 1 aromatic carbocycles. The summed E-state index contributed by atoms with van der Waals surface area (Å²) in [6, 6.07) is 5.60. The van der Waals surface area contributed by atoms with Gasteiger partial charge in [0.15, 0.2) is 0 Å². The molecule has 28 heavy (non-hydrogen) atoms. The number of H-pyrrole nitrogens is 1. The topological polar surface area (TPSA) is 85.9 Å². The number of aromatic carboxylic acids is 1. The number of carboxylic acid groups (broad SMARTS) is 1. The molecule has 152 valence electrons. The molecular weight excluding hydrogens is 358 g/mol. The van der Waals surface area contributed by atoms with Crippen molar-refractivity contribution >= 4 is 28.7 Å². The Morgan fingerprint density at radius 3 is 2.50 bits per heavy atom. The van der Waals surface area contributed by atoms with E-state index in [4.69, 9.17) is 4.74 Å². The molecule has 0 unspecified atom stereocenters. The number of rotatable bonds is 4. The number of ether oxygens (including phenoxy) is 1. The van der Waals surface area contributed by atoms with Crippen molar-refractivity contribution in [2.24, 2.45) is 0 Å². The van der Waals surface area contributed by atoms with Gasteiger partial charge in [-0.1, -0.05) is 0 Å². The molecule has 0 radical (unpaired) electrons. The Labute approximate surface area is 165 Å². The van der Waals surface area contributed by atoms with Crippen LogP contribution in [0.4, 0.5) is 10.5 Å². The predicted octanol–water partition coefficient (Wildman–Crippen LogP) is 4.09. The Morgan fingerprint density at radius 1 is 1.25 bits per heavy atom. The molecule has 0 saturated carbocycles. The maximum absolute atomic E-state index is 12.5. The molecule has 0 spiro atoms. The Bertz CT molecular complexity index is 860. The SMILES string of the molecule is CCN(C(=O)OC(C)(C)C)C1CCN(c2ccc(C(=O)O)c3[nH]ccc23)CC1. The summed E-state index contributed by atoms with van der Waals surface area (Å²) in [6.45, 7) is 9.84. The molecular formula is C21H29N3O4. The monoisotopic (exact) mass is 387 g/mol. The molecule has 1 aliphatic heterocycles. The third kappa shape index (κ3) is 4.08. The lowest BCUT2D eigenvalue weighted by molar-refractivity contribution is 0.0149. The number of carbonyl (C=O) groups is 2. The molecule has 1 amide bonds. The molecule has 0 bridgehead atoms. The van der Waals surface area contributed by atoms with Gasteiger partial charge in [-0.05, 0) is 58.7 Å². The highest BCUT2D eigenvalue weighted by Crippen LogP contribution is 2.32. The Hall–Kier alpha value is -2.70. The van der Waals surface area contributed by atoms with Crippen molar-refractivity contribution in [3.8, 4) is 0 Å². The fourth-order valence-corrected chi connectivity index (χ4v) is 3.87. The van der Waals surface area contributed by atoms with E-state index < -0.39 is 11.6 Å². The van der Waals surface area contributed by atoms with Gasteiger partial charge in [-0.25, -0.2) is 9.59 Å². The van der Waals surface area contributed by atoms with Gasteiger partial charge in [0.05, 0.1) is 11.1 Å². The molecule has 7 nitrogen and oxygen atoms in total. The average molecular weight is 387 g/mol. The number of aromatic nitrogens is 1. The summed E-state index contributed by atoms with van der Waals surface area (Å²) in [6.07, 6.45) is 3.21. The number of nitrogens with one attached hydrogen (secondary N) is 1. The molecule has 1 aliphatic rings. The fourth-order valence-electron chi connectivity index (χ4n) is 3.87. The van der Waals surface area contributed by atoms with Crippen molar-refractivity contribution in [2.75, 3.05) is 24.5 Å². The molecule has 2 aromatic rings. The summed E-state index contributed by atoms with van der Waals surface area (Å²) in [4.78, 5) is 31.1. The van der Waals surface area contributed by atoms with E-state index in [-0.39, 0.29) is 17.7 Å². The highest BCUT2D eigenvalue weighted by molar-refractivity contribution is 6.06. The van der Waals surface area contributed by atoms with Gasteiger partial charge >= 0.3 is 12.1 Å². The van der Waals surface area contributed by atoms with Crippen LogP contribution in [0.25, 0.3) is 10.9 Å². The summed E-state index contributed by atoms with van der Waals surface area (Å²) >= 11 is 0. The predicted molar refractivity (Wildman–Crippen MR) is 109 cm³/mol. The van der Waals surface area contributed by atoms with Gasteiger partial charge in [0.25, 0.3) is 0 Å². The van der Waals surface area contributed by atoms with Crippen LogP contribution in [-0.4, -0.2) is 58.3 Å². The van der Waals surface area contributed by atoms with Crippen LogP contribution < -0.4 is 4.90 Å². The first kappa shape index (κ1) is 20.0. The number of aromatic amines is 1. The molecule has 7 heteroatoms. The second kappa shape index (κ2) is 7.73. The van der Waals surface area contributed by atoms with Crippen molar-refractivity contribution < 1.29 is 19.4 Å². The molecule has 1 fully saturated rings. The Morgan fingerprint density at radius 2 is 1.93 bits per heavy atom. The number of carbonyl (C=O) groups excluding carboxylic acids is 1. The number of nitrogens with zero attached hydrogens (tertiary/aromatic N) is 2. The molecule has 1 saturated heterocycles. The van der Waals surface area contributed by atoms with Gasteiger partial charge < -0.3 is 24.6 Å². The van der Waals surface area contributed by atoms with Crippen molar-refractivity contribution in [3.05, 3.63) is 30.0 Å². The van der Waals surface area contributed by atoms with E-state index in [9.17, 15) is 14.7 Å². The summed E-state index contributed by atoms with van der Waals surface area (Å²) in [5.74, 6) is -0.936. The maximum Gasteiger partial charge on any atom is 0.410 e. The van der Waals surface area contributed by atoms with Crippen LogP contribution in [0, 0.1) is 0 Å². The number of benzene rings is 1. The quantitative estimate of drug-likeness (QED) is 0.825. The number of amides is 1. The minimum Gasteiger partial charge on any atom is -0.478 e. The smallest absolute Gasteiger partial charge is 0.410 e. The second-order valence-corrected chi connectivity index (χ2v) is 8.19. The zero-order valence-electron chi connectivity index (χ0n) is 17.0. The van der Waals surface area contributed by atoms with E-state index in [2.05, 4.69) is 9.88 Å². The standard InChI is InChI=1S/C21H29N3O4/c1-5-24(20(27)28-21(2,3)4)14-9-12-23(13-10-14)17-7-6-16(19(25)26)18-15(17)8-11-22-18/h6-8,11,14,22H,5,9-10,12-13H2,1-4H3,(H,25,26). The van der Waals surface area contributed by atoms with E-state index >= 15 is 0 Å². The zero-order valence-corrected chi connectivity index (χ0v) is 17.0. The highest BCUT2D eigenvalue weighted by atomic mass is 16.6. The van der Waals surface area contributed by atoms with Crippen molar-refractivity contribution in [1.29, 1.82) is 0 Å². The van der Waals surface area contributed by atoms with Gasteiger partial charge in [-0.2, -0.15) is 0 Å². The number of anilines is 1.